The molecule has 1 N–H and O–H groups in total. The van der Waals surface area contributed by atoms with Crippen LogP contribution in [0.25, 0.3) is 10.6 Å². The fourth-order valence-corrected chi connectivity index (χ4v) is 3.49. The van der Waals surface area contributed by atoms with Gasteiger partial charge in [-0.1, -0.05) is 12.1 Å². The van der Waals surface area contributed by atoms with Crippen LogP contribution >= 0.6 is 11.3 Å². The molecule has 7 heteroatoms. The molecule has 0 bridgehead atoms. The second-order valence-electron chi connectivity index (χ2n) is 6.61. The Labute approximate surface area is 168 Å². The lowest BCUT2D eigenvalue weighted by atomic mass is 10.1. The molecule has 0 unspecified atom stereocenters. The molecule has 2 amide bonds. The Bertz CT molecular complexity index is 985. The van der Waals surface area contributed by atoms with Gasteiger partial charge < -0.3 is 10.2 Å². The monoisotopic (exact) mass is 394 g/mol. The van der Waals surface area contributed by atoms with Crippen LogP contribution in [0.1, 0.15) is 16.8 Å². The van der Waals surface area contributed by atoms with Crippen LogP contribution in [-0.2, 0) is 16.0 Å². The summed E-state index contributed by atoms with van der Waals surface area (Å²) in [7, 11) is 1.62. The molecule has 2 aromatic heterocycles. The summed E-state index contributed by atoms with van der Waals surface area (Å²) >= 11 is 1.47. The van der Waals surface area contributed by atoms with Gasteiger partial charge in [0, 0.05) is 36.1 Å². The van der Waals surface area contributed by atoms with E-state index in [1.54, 1.807) is 19.4 Å². The number of anilines is 1. The normalized spacial score (nSPS) is 10.5. The number of thiazole rings is 1. The fourth-order valence-electron chi connectivity index (χ4n) is 2.68. The van der Waals surface area contributed by atoms with Crippen LogP contribution in [0.5, 0.6) is 0 Å². The number of rotatable bonds is 6. The van der Waals surface area contributed by atoms with Crippen LogP contribution in [0.3, 0.4) is 0 Å². The number of hydrogen-bond acceptors (Lipinski definition) is 5. The largest absolute Gasteiger partial charge is 0.336 e. The summed E-state index contributed by atoms with van der Waals surface area (Å²) in [6.07, 6.45) is 3.61. The first-order chi connectivity index (χ1) is 13.4. The average Bonchev–Trinajstić information content (AvgIpc) is 3.14. The van der Waals surface area contributed by atoms with Crippen LogP contribution in [-0.4, -0.2) is 40.3 Å². The molecule has 0 saturated carbocycles. The number of aromatic nitrogens is 2. The molecule has 6 nitrogen and oxygen atoms in total. The van der Waals surface area contributed by atoms with Gasteiger partial charge in [0.1, 0.15) is 5.01 Å². The van der Waals surface area contributed by atoms with Crippen molar-refractivity contribution < 1.29 is 9.59 Å². The lowest BCUT2D eigenvalue weighted by Crippen LogP contribution is -2.36. The van der Waals surface area contributed by atoms with E-state index in [1.165, 1.54) is 16.2 Å². The van der Waals surface area contributed by atoms with Gasteiger partial charge in [0.15, 0.2) is 0 Å². The molecular formula is C21H22N4O2S. The van der Waals surface area contributed by atoms with Crippen LogP contribution in [0.2, 0.25) is 0 Å². The van der Waals surface area contributed by atoms with Crippen molar-refractivity contribution in [2.45, 2.75) is 20.3 Å². The molecule has 0 aliphatic heterocycles. The summed E-state index contributed by atoms with van der Waals surface area (Å²) in [6.45, 7) is 3.95. The van der Waals surface area contributed by atoms with Gasteiger partial charge in [-0.15, -0.1) is 11.3 Å². The van der Waals surface area contributed by atoms with Gasteiger partial charge in [-0.2, -0.15) is 0 Å². The van der Waals surface area contributed by atoms with E-state index in [-0.39, 0.29) is 24.8 Å². The molecule has 3 rings (SSSR count). The Balaban J connectivity index is 1.57. The quantitative estimate of drug-likeness (QED) is 0.695. The highest BCUT2D eigenvalue weighted by atomic mass is 32.1. The molecule has 0 fully saturated rings. The zero-order valence-corrected chi connectivity index (χ0v) is 16.9. The smallest absolute Gasteiger partial charge is 0.243 e. The lowest BCUT2D eigenvalue weighted by Gasteiger charge is -2.17. The van der Waals surface area contributed by atoms with E-state index < -0.39 is 0 Å². The summed E-state index contributed by atoms with van der Waals surface area (Å²) in [6, 6.07) is 9.53. The summed E-state index contributed by atoms with van der Waals surface area (Å²) in [5.74, 6) is -0.377. The van der Waals surface area contributed by atoms with Crippen molar-refractivity contribution in [1.82, 2.24) is 14.9 Å². The topological polar surface area (TPSA) is 75.2 Å². The molecule has 1 aromatic carbocycles. The van der Waals surface area contributed by atoms with Gasteiger partial charge in [0.05, 0.1) is 18.7 Å². The maximum absolute atomic E-state index is 12.5. The second-order valence-corrected chi connectivity index (χ2v) is 7.47. The predicted octanol–water partition coefficient (Wildman–Crippen LogP) is 3.46. The third kappa shape index (κ3) is 4.80. The van der Waals surface area contributed by atoms with Crippen molar-refractivity contribution in [3.05, 3.63) is 64.9 Å². The van der Waals surface area contributed by atoms with Gasteiger partial charge >= 0.3 is 0 Å². The Morgan fingerprint density at radius 2 is 2.00 bits per heavy atom. The predicted molar refractivity (Wildman–Crippen MR) is 111 cm³/mol. The van der Waals surface area contributed by atoms with E-state index in [0.29, 0.717) is 5.69 Å². The number of aryl methyl sites for hydroxylation is 1. The molecule has 3 aromatic rings. The van der Waals surface area contributed by atoms with Crippen LogP contribution in [0.4, 0.5) is 5.69 Å². The zero-order valence-electron chi connectivity index (χ0n) is 16.1. The maximum Gasteiger partial charge on any atom is 0.243 e. The Morgan fingerprint density at radius 1 is 1.18 bits per heavy atom. The summed E-state index contributed by atoms with van der Waals surface area (Å²) in [4.78, 5) is 34.8. The van der Waals surface area contributed by atoms with Crippen LogP contribution in [0.15, 0.2) is 48.1 Å². The van der Waals surface area contributed by atoms with Crippen molar-refractivity contribution in [2.75, 3.05) is 18.9 Å². The van der Waals surface area contributed by atoms with Gasteiger partial charge in [-0.25, -0.2) is 4.98 Å². The fraction of sp³-hybridized carbons (Fsp3) is 0.238. The summed E-state index contributed by atoms with van der Waals surface area (Å²) in [5, 5.41) is 5.56. The highest BCUT2D eigenvalue weighted by Gasteiger charge is 2.16. The third-order valence-electron chi connectivity index (χ3n) is 4.48. The number of pyridine rings is 1. The molecule has 144 valence electrons. The number of nitrogens with one attached hydrogen (secondary N) is 1. The molecule has 28 heavy (non-hydrogen) atoms. The standard InChI is InChI=1S/C21H22N4O2S/c1-14-6-4-8-18(15(14)2)24-19(26)12-25(3)20(27)10-17-13-28-21(23-17)16-7-5-9-22-11-16/h4-9,11,13H,10,12H2,1-3H3,(H,24,26). The Kier molecular flexibility index (Phi) is 6.16. The maximum atomic E-state index is 12.5. The van der Waals surface area contributed by atoms with E-state index in [4.69, 9.17) is 0 Å². The molecule has 0 aliphatic carbocycles. The zero-order chi connectivity index (χ0) is 20.1. The first kappa shape index (κ1) is 19.7. The van der Waals surface area contributed by atoms with E-state index in [1.807, 2.05) is 49.6 Å². The third-order valence-corrected chi connectivity index (χ3v) is 5.42. The van der Waals surface area contributed by atoms with Gasteiger partial charge in [-0.3, -0.25) is 14.6 Å². The van der Waals surface area contributed by atoms with Gasteiger partial charge in [0.25, 0.3) is 0 Å². The number of likely N-dealkylation sites (N-methyl/N-ethyl adjacent to an activating group) is 1. The molecule has 0 aliphatic rings. The van der Waals surface area contributed by atoms with Gasteiger partial charge in [-0.05, 0) is 43.2 Å². The minimum absolute atomic E-state index is 0.00812. The van der Waals surface area contributed by atoms with Crippen molar-refractivity contribution in [2.24, 2.45) is 0 Å². The van der Waals surface area contributed by atoms with E-state index in [0.717, 1.165) is 27.4 Å². The first-order valence-corrected chi connectivity index (χ1v) is 9.77. The number of carbonyl (C=O) groups is 2. The van der Waals surface area contributed by atoms with E-state index in [2.05, 4.69) is 15.3 Å². The number of amides is 2. The minimum atomic E-state index is -0.223. The van der Waals surface area contributed by atoms with Crippen LogP contribution in [0, 0.1) is 13.8 Å². The van der Waals surface area contributed by atoms with Crippen molar-refractivity contribution in [1.29, 1.82) is 0 Å². The van der Waals surface area contributed by atoms with E-state index >= 15 is 0 Å². The minimum Gasteiger partial charge on any atom is -0.336 e. The molecule has 0 saturated heterocycles. The van der Waals surface area contributed by atoms with Crippen molar-refractivity contribution in [3.63, 3.8) is 0 Å². The number of hydrogen-bond donors (Lipinski definition) is 1. The SMILES string of the molecule is Cc1cccc(NC(=O)CN(C)C(=O)Cc2csc(-c3cccnc3)n2)c1C. The molecule has 2 heterocycles. The van der Waals surface area contributed by atoms with Crippen molar-refractivity contribution >= 4 is 28.8 Å². The molecule has 0 spiro atoms. The lowest BCUT2D eigenvalue weighted by molar-refractivity contribution is -0.132. The molecule has 0 atom stereocenters. The number of benzene rings is 1. The average molecular weight is 395 g/mol. The van der Waals surface area contributed by atoms with Gasteiger partial charge in [0.2, 0.25) is 11.8 Å². The number of carbonyl (C=O) groups excluding carboxylic acids is 2. The Morgan fingerprint density at radius 3 is 2.75 bits per heavy atom. The van der Waals surface area contributed by atoms with Crippen molar-refractivity contribution in [3.8, 4) is 10.6 Å². The molecular weight excluding hydrogens is 372 g/mol. The first-order valence-electron chi connectivity index (χ1n) is 8.89. The highest BCUT2D eigenvalue weighted by molar-refractivity contribution is 7.13. The molecule has 0 radical (unpaired) electrons. The number of nitrogens with zero attached hydrogens (tertiary/aromatic N) is 3. The van der Waals surface area contributed by atoms with E-state index in [9.17, 15) is 9.59 Å². The summed E-state index contributed by atoms with van der Waals surface area (Å²) < 4.78 is 0. The second kappa shape index (κ2) is 8.75. The Hall–Kier alpha value is -3.06. The highest BCUT2D eigenvalue weighted by Crippen LogP contribution is 2.23. The summed E-state index contributed by atoms with van der Waals surface area (Å²) in [5.41, 5.74) is 4.51. The van der Waals surface area contributed by atoms with Crippen LogP contribution < -0.4 is 5.32 Å².